The molecule has 0 saturated heterocycles. The van der Waals surface area contributed by atoms with E-state index in [0.29, 0.717) is 6.54 Å². The predicted octanol–water partition coefficient (Wildman–Crippen LogP) is 4.16. The number of nitrogens with zero attached hydrogens (tertiary/aromatic N) is 1. The smallest absolute Gasteiger partial charge is 0.263 e. The number of carbonyl (C=O) groups is 1. The van der Waals surface area contributed by atoms with Crippen molar-refractivity contribution in [3.63, 3.8) is 0 Å². The number of anilines is 1. The van der Waals surface area contributed by atoms with Gasteiger partial charge in [0.15, 0.2) is 0 Å². The van der Waals surface area contributed by atoms with Crippen molar-refractivity contribution in [2.45, 2.75) is 32.6 Å². The van der Waals surface area contributed by atoms with Gasteiger partial charge in [-0.15, -0.1) is 0 Å². The maximum atomic E-state index is 12.2. The Morgan fingerprint density at radius 2 is 1.73 bits per heavy atom. The first-order chi connectivity index (χ1) is 12.4. The van der Waals surface area contributed by atoms with Crippen LogP contribution < -0.4 is 10.6 Å². The van der Waals surface area contributed by atoms with E-state index in [2.05, 4.69) is 31.4 Å². The van der Waals surface area contributed by atoms with Gasteiger partial charge in [0.1, 0.15) is 11.6 Å². The highest BCUT2D eigenvalue weighted by molar-refractivity contribution is 5.97. The van der Waals surface area contributed by atoms with Gasteiger partial charge in [-0.2, -0.15) is 5.26 Å². The van der Waals surface area contributed by atoms with Crippen molar-refractivity contribution >= 4 is 11.6 Å². The average molecular weight is 347 g/mol. The van der Waals surface area contributed by atoms with E-state index in [4.69, 9.17) is 0 Å². The van der Waals surface area contributed by atoms with E-state index < -0.39 is 0 Å². The molecular weight excluding hydrogens is 322 g/mol. The van der Waals surface area contributed by atoms with Gasteiger partial charge in [-0.1, -0.05) is 69.3 Å². The van der Waals surface area contributed by atoms with Crippen LogP contribution in [0.25, 0.3) is 0 Å². The van der Waals surface area contributed by atoms with Crippen molar-refractivity contribution in [3.8, 4) is 6.07 Å². The Balaban J connectivity index is 2.00. The van der Waals surface area contributed by atoms with E-state index in [0.717, 1.165) is 23.2 Å². The molecule has 1 amide bonds. The summed E-state index contributed by atoms with van der Waals surface area (Å²) >= 11 is 0. The van der Waals surface area contributed by atoms with Gasteiger partial charge in [-0.05, 0) is 29.0 Å². The number of benzene rings is 2. The van der Waals surface area contributed by atoms with E-state index >= 15 is 0 Å². The largest absolute Gasteiger partial charge is 0.360 e. The second-order valence-electron chi connectivity index (χ2n) is 7.10. The fourth-order valence-corrected chi connectivity index (χ4v) is 2.62. The number of nitriles is 1. The molecule has 2 aromatic carbocycles. The van der Waals surface area contributed by atoms with E-state index in [-0.39, 0.29) is 16.9 Å². The Morgan fingerprint density at radius 1 is 1.08 bits per heavy atom. The minimum atomic E-state index is -0.371. The van der Waals surface area contributed by atoms with Gasteiger partial charge >= 0.3 is 0 Å². The lowest BCUT2D eigenvalue weighted by Crippen LogP contribution is -2.27. The quantitative estimate of drug-likeness (QED) is 0.609. The molecule has 26 heavy (non-hydrogen) atoms. The van der Waals surface area contributed by atoms with Gasteiger partial charge in [-0.25, -0.2) is 0 Å². The molecule has 2 N–H and O–H groups in total. The van der Waals surface area contributed by atoms with Crippen LogP contribution in [0.2, 0.25) is 0 Å². The van der Waals surface area contributed by atoms with Crippen molar-refractivity contribution in [2.24, 2.45) is 0 Å². The van der Waals surface area contributed by atoms with Crippen LogP contribution in [0.4, 0.5) is 5.69 Å². The Morgan fingerprint density at radius 3 is 2.38 bits per heavy atom. The molecule has 4 heteroatoms. The summed E-state index contributed by atoms with van der Waals surface area (Å²) in [5.74, 6) is -0.371. The lowest BCUT2D eigenvalue weighted by atomic mass is 9.86. The molecule has 0 fully saturated rings. The predicted molar refractivity (Wildman–Crippen MR) is 106 cm³/mol. The van der Waals surface area contributed by atoms with E-state index in [1.54, 1.807) is 0 Å². The second kappa shape index (κ2) is 8.87. The maximum Gasteiger partial charge on any atom is 0.263 e. The molecular formula is C22H25N3O. The molecule has 4 nitrogen and oxygen atoms in total. The lowest BCUT2D eigenvalue weighted by Gasteiger charge is -2.22. The molecule has 2 rings (SSSR count). The van der Waals surface area contributed by atoms with Crippen LogP contribution >= 0.6 is 0 Å². The second-order valence-corrected chi connectivity index (χ2v) is 7.10. The molecule has 0 unspecified atom stereocenters. The summed E-state index contributed by atoms with van der Waals surface area (Å²) in [6, 6.07) is 19.8. The van der Waals surface area contributed by atoms with Gasteiger partial charge in [0.25, 0.3) is 5.91 Å². The normalized spacial score (nSPS) is 11.5. The Kier molecular flexibility index (Phi) is 6.57. The van der Waals surface area contributed by atoms with Gasteiger partial charge in [0.05, 0.1) is 0 Å². The first kappa shape index (κ1) is 19.3. The fourth-order valence-electron chi connectivity index (χ4n) is 2.62. The molecule has 0 aliphatic rings. The minimum absolute atomic E-state index is 0.0395. The van der Waals surface area contributed by atoms with Crippen molar-refractivity contribution in [1.82, 2.24) is 5.32 Å². The molecule has 0 aromatic heterocycles. The van der Waals surface area contributed by atoms with Gasteiger partial charge in [-0.3, -0.25) is 4.79 Å². The van der Waals surface area contributed by atoms with Crippen LogP contribution in [0.1, 0.15) is 31.9 Å². The topological polar surface area (TPSA) is 64.9 Å². The van der Waals surface area contributed by atoms with Crippen LogP contribution in [0.5, 0.6) is 0 Å². The van der Waals surface area contributed by atoms with E-state index in [9.17, 15) is 10.1 Å². The standard InChI is InChI=1S/C22H25N3O/c1-22(2,3)19-11-7-8-12-20(19)25-16-18(15-23)21(26)24-14-13-17-9-5-4-6-10-17/h4-12,16,25H,13-14H2,1-3H3,(H,24,26)/b18-16-. The average Bonchev–Trinajstić information content (AvgIpc) is 2.62. The highest BCUT2D eigenvalue weighted by atomic mass is 16.1. The number of amides is 1. The third-order valence-electron chi connectivity index (χ3n) is 4.01. The van der Waals surface area contributed by atoms with Gasteiger partial charge < -0.3 is 10.6 Å². The number of hydrogen-bond donors (Lipinski definition) is 2. The number of rotatable bonds is 6. The maximum absolute atomic E-state index is 12.2. The molecule has 2 aromatic rings. The molecule has 0 bridgehead atoms. The highest BCUT2D eigenvalue weighted by Crippen LogP contribution is 2.29. The van der Waals surface area contributed by atoms with E-state index in [1.165, 1.54) is 6.20 Å². The highest BCUT2D eigenvalue weighted by Gasteiger charge is 2.17. The lowest BCUT2D eigenvalue weighted by molar-refractivity contribution is -0.117. The Labute approximate surface area is 155 Å². The summed E-state index contributed by atoms with van der Waals surface area (Å²) in [7, 11) is 0. The summed E-state index contributed by atoms with van der Waals surface area (Å²) in [5.41, 5.74) is 3.18. The molecule has 0 atom stereocenters. The molecule has 0 radical (unpaired) electrons. The number of hydrogen-bond acceptors (Lipinski definition) is 3. The van der Waals surface area contributed by atoms with Gasteiger partial charge in [0, 0.05) is 18.4 Å². The van der Waals surface area contributed by atoms with Crippen LogP contribution in [0, 0.1) is 11.3 Å². The van der Waals surface area contributed by atoms with Crippen molar-refractivity contribution in [1.29, 1.82) is 5.26 Å². The molecule has 0 heterocycles. The van der Waals surface area contributed by atoms with Crippen LogP contribution in [0.3, 0.4) is 0 Å². The third kappa shape index (κ3) is 5.49. The van der Waals surface area contributed by atoms with Gasteiger partial charge in [0.2, 0.25) is 0 Å². The number of nitrogens with one attached hydrogen (secondary N) is 2. The summed E-state index contributed by atoms with van der Waals surface area (Å²) in [5, 5.41) is 15.2. The SMILES string of the molecule is CC(C)(C)c1ccccc1N/C=C(/C#N)C(=O)NCCc1ccccc1. The van der Waals surface area contributed by atoms with Crippen molar-refractivity contribution in [3.05, 3.63) is 77.5 Å². The molecule has 0 spiro atoms. The monoisotopic (exact) mass is 347 g/mol. The number of para-hydroxylation sites is 1. The van der Waals surface area contributed by atoms with E-state index in [1.807, 2.05) is 60.7 Å². The zero-order chi connectivity index (χ0) is 19.0. The first-order valence-corrected chi connectivity index (χ1v) is 8.70. The fraction of sp³-hybridized carbons (Fsp3) is 0.273. The zero-order valence-electron chi connectivity index (χ0n) is 15.5. The molecule has 134 valence electrons. The van der Waals surface area contributed by atoms with Crippen molar-refractivity contribution < 1.29 is 4.79 Å². The van der Waals surface area contributed by atoms with Crippen molar-refractivity contribution in [2.75, 3.05) is 11.9 Å². The summed E-state index contributed by atoms with van der Waals surface area (Å²) < 4.78 is 0. The molecule has 0 aliphatic carbocycles. The first-order valence-electron chi connectivity index (χ1n) is 8.70. The minimum Gasteiger partial charge on any atom is -0.360 e. The Hall–Kier alpha value is -3.06. The zero-order valence-corrected chi connectivity index (χ0v) is 15.5. The summed E-state index contributed by atoms with van der Waals surface area (Å²) in [6.07, 6.45) is 2.20. The summed E-state index contributed by atoms with van der Waals surface area (Å²) in [6.45, 7) is 6.86. The van der Waals surface area contributed by atoms with Crippen LogP contribution in [-0.2, 0) is 16.6 Å². The summed E-state index contributed by atoms with van der Waals surface area (Å²) in [4.78, 5) is 12.2. The Bertz CT molecular complexity index is 811. The molecule has 0 saturated carbocycles. The molecule has 0 aliphatic heterocycles. The third-order valence-corrected chi connectivity index (χ3v) is 4.01. The van der Waals surface area contributed by atoms with Crippen LogP contribution in [-0.4, -0.2) is 12.5 Å². The van der Waals surface area contributed by atoms with Crippen LogP contribution in [0.15, 0.2) is 66.4 Å². The number of carbonyl (C=O) groups excluding carboxylic acids is 1.